The summed E-state index contributed by atoms with van der Waals surface area (Å²) in [7, 11) is 1.59. The van der Waals surface area contributed by atoms with Gasteiger partial charge in [0.15, 0.2) is 5.82 Å². The van der Waals surface area contributed by atoms with Gasteiger partial charge in [0.25, 0.3) is 11.4 Å². The van der Waals surface area contributed by atoms with Crippen LogP contribution >= 0.6 is 0 Å². The Bertz CT molecular complexity index is 862. The zero-order valence-corrected chi connectivity index (χ0v) is 15.0. The number of aryl methyl sites for hydroxylation is 2. The van der Waals surface area contributed by atoms with Crippen molar-refractivity contribution in [3.05, 3.63) is 27.4 Å². The molecule has 25 heavy (non-hydrogen) atoms. The largest absolute Gasteiger partial charge is 0.343 e. The fourth-order valence-corrected chi connectivity index (χ4v) is 3.52. The number of amides is 1. The summed E-state index contributed by atoms with van der Waals surface area (Å²) in [5.41, 5.74) is 0.909. The molecule has 2 aromatic heterocycles. The number of nitrogens with one attached hydrogen (secondary N) is 1. The van der Waals surface area contributed by atoms with Crippen LogP contribution in [0.25, 0.3) is 11.5 Å². The van der Waals surface area contributed by atoms with Crippen LogP contribution < -0.4 is 10.9 Å². The first-order valence-electron chi connectivity index (χ1n) is 8.52. The van der Waals surface area contributed by atoms with Crippen molar-refractivity contribution in [2.24, 2.45) is 7.05 Å². The van der Waals surface area contributed by atoms with E-state index in [1.54, 1.807) is 7.05 Å². The number of carbonyl (C=O) groups excluding carboxylic acids is 1. The second-order valence-corrected chi connectivity index (χ2v) is 6.76. The number of hydrogen-bond donors (Lipinski definition) is 1. The van der Waals surface area contributed by atoms with Gasteiger partial charge in [-0.05, 0) is 32.3 Å². The van der Waals surface area contributed by atoms with E-state index in [9.17, 15) is 9.59 Å². The highest BCUT2D eigenvalue weighted by molar-refractivity contribution is 5.74. The second kappa shape index (κ2) is 6.42. The summed E-state index contributed by atoms with van der Waals surface area (Å²) in [5, 5.41) is 11.3. The number of aromatic nitrogens is 4. The summed E-state index contributed by atoms with van der Waals surface area (Å²) in [6.07, 6.45) is 4.61. The third-order valence-corrected chi connectivity index (χ3v) is 4.92. The van der Waals surface area contributed by atoms with Crippen LogP contribution in [0.5, 0.6) is 0 Å². The molecular weight excluding hydrogens is 322 g/mol. The first-order valence-corrected chi connectivity index (χ1v) is 8.52. The van der Waals surface area contributed by atoms with Gasteiger partial charge in [-0.15, -0.1) is 0 Å². The lowest BCUT2D eigenvalue weighted by atomic mass is 9.81. The van der Waals surface area contributed by atoms with Crippen LogP contribution in [-0.2, 0) is 17.4 Å². The molecule has 2 heterocycles. The van der Waals surface area contributed by atoms with Gasteiger partial charge in [0.05, 0.1) is 5.69 Å². The second-order valence-electron chi connectivity index (χ2n) is 6.76. The number of hydrogen-bond acceptors (Lipinski definition) is 6. The molecule has 8 heteroatoms. The minimum Gasteiger partial charge on any atom is -0.343 e. The lowest BCUT2D eigenvalue weighted by molar-refractivity contribution is -0.121. The molecule has 3 rings (SSSR count). The maximum atomic E-state index is 12.5. The van der Waals surface area contributed by atoms with Gasteiger partial charge in [0.2, 0.25) is 5.91 Å². The zero-order valence-electron chi connectivity index (χ0n) is 15.0. The highest BCUT2D eigenvalue weighted by Gasteiger charge is 2.39. The van der Waals surface area contributed by atoms with Crippen LogP contribution in [0.15, 0.2) is 9.32 Å². The molecule has 0 unspecified atom stereocenters. The minimum absolute atomic E-state index is 0.125. The minimum atomic E-state index is -0.618. The third-order valence-electron chi connectivity index (χ3n) is 4.92. The van der Waals surface area contributed by atoms with E-state index in [1.807, 2.05) is 13.8 Å². The molecule has 8 nitrogen and oxygen atoms in total. The molecule has 0 spiro atoms. The van der Waals surface area contributed by atoms with E-state index in [0.29, 0.717) is 11.4 Å². The number of rotatable bonds is 3. The van der Waals surface area contributed by atoms with Crippen LogP contribution in [0.3, 0.4) is 0 Å². The average Bonchev–Trinajstić information content (AvgIpc) is 3.04. The van der Waals surface area contributed by atoms with Crippen molar-refractivity contribution in [2.45, 2.75) is 58.4 Å². The molecule has 1 N–H and O–H groups in total. The standard InChI is InChI=1S/C17H23N5O3/c1-10-11(2)20-22(4)15(24)13(10)14-18-16(21-25-14)17(19-12(3)23)8-6-5-7-9-17/h5-9H2,1-4H3,(H,19,23). The number of nitrogens with zero attached hydrogens (tertiary/aromatic N) is 4. The van der Waals surface area contributed by atoms with Gasteiger partial charge < -0.3 is 9.84 Å². The zero-order chi connectivity index (χ0) is 18.2. The molecule has 2 aromatic rings. The van der Waals surface area contributed by atoms with Crippen molar-refractivity contribution in [1.29, 1.82) is 0 Å². The Labute approximate surface area is 145 Å². The third kappa shape index (κ3) is 3.08. The quantitative estimate of drug-likeness (QED) is 0.909. The van der Waals surface area contributed by atoms with Crippen LogP contribution in [0, 0.1) is 13.8 Å². The van der Waals surface area contributed by atoms with Gasteiger partial charge in [-0.3, -0.25) is 9.59 Å². The van der Waals surface area contributed by atoms with Crippen molar-refractivity contribution in [2.75, 3.05) is 0 Å². The van der Waals surface area contributed by atoms with E-state index in [4.69, 9.17) is 4.52 Å². The Kier molecular flexibility index (Phi) is 4.45. The van der Waals surface area contributed by atoms with Crippen LogP contribution in [0.1, 0.15) is 56.1 Å². The van der Waals surface area contributed by atoms with Crippen molar-refractivity contribution in [1.82, 2.24) is 25.2 Å². The lowest BCUT2D eigenvalue weighted by Crippen LogP contribution is -2.47. The van der Waals surface area contributed by atoms with E-state index in [1.165, 1.54) is 11.6 Å². The fourth-order valence-electron chi connectivity index (χ4n) is 3.52. The summed E-state index contributed by atoms with van der Waals surface area (Å²) in [6, 6.07) is 0. The van der Waals surface area contributed by atoms with Gasteiger partial charge in [0.1, 0.15) is 11.1 Å². The SMILES string of the molecule is CC(=O)NC1(c2noc(-c3c(C)c(C)nn(C)c3=O)n2)CCCCC1. The Morgan fingerprint density at radius 1 is 1.24 bits per heavy atom. The van der Waals surface area contributed by atoms with Crippen molar-refractivity contribution < 1.29 is 9.32 Å². The molecule has 0 aromatic carbocycles. The van der Waals surface area contributed by atoms with Gasteiger partial charge in [-0.2, -0.15) is 10.1 Å². The van der Waals surface area contributed by atoms with Crippen molar-refractivity contribution >= 4 is 5.91 Å². The Morgan fingerprint density at radius 2 is 1.92 bits per heavy atom. The topological polar surface area (TPSA) is 103 Å². The highest BCUT2D eigenvalue weighted by atomic mass is 16.5. The molecule has 0 radical (unpaired) electrons. The number of carbonyl (C=O) groups is 1. The van der Waals surface area contributed by atoms with E-state index in [-0.39, 0.29) is 17.4 Å². The summed E-state index contributed by atoms with van der Waals surface area (Å²) in [6.45, 7) is 5.13. The first-order chi connectivity index (χ1) is 11.8. The van der Waals surface area contributed by atoms with Crippen LogP contribution in [0.4, 0.5) is 0 Å². The molecule has 0 bridgehead atoms. The Morgan fingerprint density at radius 3 is 2.56 bits per heavy atom. The Hall–Kier alpha value is -2.51. The summed E-state index contributed by atoms with van der Waals surface area (Å²) in [5.74, 6) is 0.488. The maximum absolute atomic E-state index is 12.5. The maximum Gasteiger partial charge on any atom is 0.279 e. The van der Waals surface area contributed by atoms with Gasteiger partial charge in [0, 0.05) is 14.0 Å². The van der Waals surface area contributed by atoms with Crippen LogP contribution in [0.2, 0.25) is 0 Å². The van der Waals surface area contributed by atoms with Gasteiger partial charge in [-0.1, -0.05) is 24.4 Å². The smallest absolute Gasteiger partial charge is 0.279 e. The fraction of sp³-hybridized carbons (Fsp3) is 0.588. The molecule has 0 atom stereocenters. The lowest BCUT2D eigenvalue weighted by Gasteiger charge is -2.34. The first kappa shape index (κ1) is 17.3. The van der Waals surface area contributed by atoms with E-state index in [2.05, 4.69) is 20.6 Å². The van der Waals surface area contributed by atoms with Crippen molar-refractivity contribution in [3.63, 3.8) is 0 Å². The van der Waals surface area contributed by atoms with Crippen LogP contribution in [-0.4, -0.2) is 25.8 Å². The average molecular weight is 345 g/mol. The molecule has 0 aliphatic heterocycles. The van der Waals surface area contributed by atoms with E-state index in [0.717, 1.165) is 43.4 Å². The van der Waals surface area contributed by atoms with E-state index < -0.39 is 5.54 Å². The predicted octanol–water partition coefficient (Wildman–Crippen LogP) is 1.74. The van der Waals surface area contributed by atoms with E-state index >= 15 is 0 Å². The Balaban J connectivity index is 2.08. The predicted molar refractivity (Wildman–Crippen MR) is 90.8 cm³/mol. The van der Waals surface area contributed by atoms with Gasteiger partial charge in [-0.25, -0.2) is 4.68 Å². The molecule has 134 valence electrons. The summed E-state index contributed by atoms with van der Waals surface area (Å²) < 4.78 is 6.70. The monoisotopic (exact) mass is 345 g/mol. The van der Waals surface area contributed by atoms with Crippen molar-refractivity contribution in [3.8, 4) is 11.5 Å². The molecule has 1 amide bonds. The molecular formula is C17H23N5O3. The molecule has 1 aliphatic carbocycles. The summed E-state index contributed by atoms with van der Waals surface area (Å²) >= 11 is 0. The summed E-state index contributed by atoms with van der Waals surface area (Å²) in [4.78, 5) is 28.7. The normalized spacial score (nSPS) is 16.6. The molecule has 1 saturated carbocycles. The highest BCUT2D eigenvalue weighted by Crippen LogP contribution is 2.36. The molecule has 1 fully saturated rings. The molecule has 0 saturated heterocycles. The van der Waals surface area contributed by atoms with Gasteiger partial charge >= 0.3 is 0 Å². The molecule has 1 aliphatic rings.